The Morgan fingerprint density at radius 3 is 2.17 bits per heavy atom. The molecular formula is C10H15BrMg. The summed E-state index contributed by atoms with van der Waals surface area (Å²) in [7, 11) is 0. The van der Waals surface area contributed by atoms with Crippen molar-refractivity contribution in [2.45, 2.75) is 20.3 Å². The SMILES string of the molecule is Cc1cccc(C)c1CCBr.[H-].[H-].[Mg+2]. The second-order valence-electron chi connectivity index (χ2n) is 2.81. The molecule has 0 N–H and O–H groups in total. The summed E-state index contributed by atoms with van der Waals surface area (Å²) in [6, 6.07) is 6.46. The Morgan fingerprint density at radius 1 is 1.25 bits per heavy atom. The zero-order chi connectivity index (χ0) is 8.27. The van der Waals surface area contributed by atoms with Crippen molar-refractivity contribution in [2.24, 2.45) is 0 Å². The second-order valence-corrected chi connectivity index (χ2v) is 3.60. The van der Waals surface area contributed by atoms with Gasteiger partial charge in [-0.2, -0.15) is 0 Å². The third kappa shape index (κ3) is 3.07. The average Bonchev–Trinajstić information content (AvgIpc) is 1.97. The van der Waals surface area contributed by atoms with Crippen LogP contribution in [-0.2, 0) is 6.42 Å². The van der Waals surface area contributed by atoms with E-state index in [4.69, 9.17) is 0 Å². The molecule has 64 valence electrons. The van der Waals surface area contributed by atoms with E-state index in [-0.39, 0.29) is 25.9 Å². The predicted molar refractivity (Wildman–Crippen MR) is 61.4 cm³/mol. The Kier molecular flexibility index (Phi) is 6.24. The summed E-state index contributed by atoms with van der Waals surface area (Å²) < 4.78 is 0. The average molecular weight is 239 g/mol. The van der Waals surface area contributed by atoms with Crippen molar-refractivity contribution in [3.63, 3.8) is 0 Å². The molecule has 2 heteroatoms. The first-order valence-corrected chi connectivity index (χ1v) is 4.99. The van der Waals surface area contributed by atoms with Crippen LogP contribution >= 0.6 is 15.9 Å². The third-order valence-corrected chi connectivity index (χ3v) is 2.39. The van der Waals surface area contributed by atoms with Crippen molar-refractivity contribution < 1.29 is 2.85 Å². The Bertz CT molecular complexity index is 234. The smallest absolute Gasteiger partial charge is 1.00 e. The second kappa shape index (κ2) is 6.00. The number of halogens is 1. The molecule has 12 heavy (non-hydrogen) atoms. The van der Waals surface area contributed by atoms with E-state index in [9.17, 15) is 0 Å². The Morgan fingerprint density at radius 2 is 1.75 bits per heavy atom. The monoisotopic (exact) mass is 238 g/mol. The summed E-state index contributed by atoms with van der Waals surface area (Å²) in [5.74, 6) is 0. The van der Waals surface area contributed by atoms with Gasteiger partial charge in [0.05, 0.1) is 0 Å². The van der Waals surface area contributed by atoms with Gasteiger partial charge in [0.1, 0.15) is 0 Å². The van der Waals surface area contributed by atoms with Crippen molar-refractivity contribution in [1.82, 2.24) is 0 Å². The summed E-state index contributed by atoms with van der Waals surface area (Å²) >= 11 is 3.45. The third-order valence-electron chi connectivity index (χ3n) is 1.99. The summed E-state index contributed by atoms with van der Waals surface area (Å²) in [5.41, 5.74) is 4.30. The minimum Gasteiger partial charge on any atom is -1.00 e. The molecule has 1 aromatic rings. The zero-order valence-corrected chi connectivity index (χ0v) is 10.7. The number of rotatable bonds is 2. The van der Waals surface area contributed by atoms with Crippen LogP contribution in [0.2, 0.25) is 0 Å². The molecule has 1 rings (SSSR count). The molecule has 0 atom stereocenters. The molecule has 0 fully saturated rings. The number of benzene rings is 1. The van der Waals surface area contributed by atoms with Crippen LogP contribution in [0.5, 0.6) is 0 Å². The van der Waals surface area contributed by atoms with Crippen LogP contribution in [0.4, 0.5) is 0 Å². The van der Waals surface area contributed by atoms with Crippen LogP contribution in [0, 0.1) is 13.8 Å². The summed E-state index contributed by atoms with van der Waals surface area (Å²) in [5, 5.41) is 1.05. The molecule has 0 bridgehead atoms. The van der Waals surface area contributed by atoms with Gasteiger partial charge in [-0.3, -0.25) is 0 Å². The maximum Gasteiger partial charge on any atom is 2.00 e. The molecule has 0 heterocycles. The molecule has 0 spiro atoms. The van der Waals surface area contributed by atoms with Crippen molar-refractivity contribution in [2.75, 3.05) is 5.33 Å². The fourth-order valence-corrected chi connectivity index (χ4v) is 1.73. The summed E-state index contributed by atoms with van der Waals surface area (Å²) in [4.78, 5) is 0. The molecule has 0 aliphatic carbocycles. The Labute approximate surface area is 102 Å². The molecule has 0 aromatic heterocycles. The fraction of sp³-hybridized carbons (Fsp3) is 0.400. The van der Waals surface area contributed by atoms with E-state index in [0.29, 0.717) is 0 Å². The van der Waals surface area contributed by atoms with Gasteiger partial charge in [0.25, 0.3) is 0 Å². The number of aryl methyl sites for hydroxylation is 2. The van der Waals surface area contributed by atoms with Crippen LogP contribution in [0.3, 0.4) is 0 Å². The normalized spacial score (nSPS) is 9.25. The van der Waals surface area contributed by atoms with Crippen LogP contribution in [0.1, 0.15) is 19.5 Å². The number of hydrogen-bond acceptors (Lipinski definition) is 0. The molecule has 1 aromatic carbocycles. The van der Waals surface area contributed by atoms with Gasteiger partial charge in [0, 0.05) is 5.33 Å². The van der Waals surface area contributed by atoms with Gasteiger partial charge in [-0.25, -0.2) is 0 Å². The van der Waals surface area contributed by atoms with Gasteiger partial charge in [0.2, 0.25) is 0 Å². The first-order chi connectivity index (χ1) is 5.25. The topological polar surface area (TPSA) is 0 Å². The van der Waals surface area contributed by atoms with Crippen molar-refractivity contribution in [3.8, 4) is 0 Å². The van der Waals surface area contributed by atoms with Gasteiger partial charge in [-0.05, 0) is 37.0 Å². The zero-order valence-electron chi connectivity index (χ0n) is 9.73. The Balaban J connectivity index is -0.000000403. The van der Waals surface area contributed by atoms with Gasteiger partial charge < -0.3 is 2.85 Å². The molecule has 0 amide bonds. The van der Waals surface area contributed by atoms with Crippen LogP contribution < -0.4 is 0 Å². The number of hydrogen-bond donors (Lipinski definition) is 0. The van der Waals surface area contributed by atoms with Crippen molar-refractivity contribution in [1.29, 1.82) is 0 Å². The molecule has 0 aliphatic rings. The maximum absolute atomic E-state index is 3.45. The predicted octanol–water partition coefficient (Wildman–Crippen LogP) is 3.09. The maximum atomic E-state index is 3.45. The number of alkyl halides is 1. The van der Waals surface area contributed by atoms with Crippen LogP contribution in [0.15, 0.2) is 18.2 Å². The van der Waals surface area contributed by atoms with Crippen LogP contribution in [-0.4, -0.2) is 28.4 Å². The minimum absolute atomic E-state index is 0. The summed E-state index contributed by atoms with van der Waals surface area (Å²) in [6.07, 6.45) is 1.14. The van der Waals surface area contributed by atoms with E-state index in [2.05, 4.69) is 48.0 Å². The summed E-state index contributed by atoms with van der Waals surface area (Å²) in [6.45, 7) is 4.34. The van der Waals surface area contributed by atoms with E-state index >= 15 is 0 Å². The van der Waals surface area contributed by atoms with Crippen molar-refractivity contribution >= 4 is 39.0 Å². The first kappa shape index (κ1) is 12.5. The minimum atomic E-state index is 0. The van der Waals surface area contributed by atoms with Gasteiger partial charge in [-0.1, -0.05) is 34.1 Å². The van der Waals surface area contributed by atoms with Crippen molar-refractivity contribution in [3.05, 3.63) is 34.9 Å². The molecule has 0 saturated heterocycles. The van der Waals surface area contributed by atoms with Gasteiger partial charge in [0.15, 0.2) is 0 Å². The molecule has 0 nitrogen and oxygen atoms in total. The molecule has 0 saturated carbocycles. The quantitative estimate of drug-likeness (QED) is 0.549. The fourth-order valence-electron chi connectivity index (χ4n) is 1.34. The van der Waals surface area contributed by atoms with Gasteiger partial charge >= 0.3 is 23.1 Å². The Hall–Kier alpha value is 0.466. The van der Waals surface area contributed by atoms with Gasteiger partial charge in [-0.15, -0.1) is 0 Å². The molecule has 0 aliphatic heterocycles. The largest absolute Gasteiger partial charge is 2.00 e. The van der Waals surface area contributed by atoms with E-state index in [0.717, 1.165) is 11.8 Å². The molecular weight excluding hydrogens is 224 g/mol. The van der Waals surface area contributed by atoms with E-state index < -0.39 is 0 Å². The standard InChI is InChI=1S/C10H13Br.Mg.2H/c1-8-4-3-5-9(2)10(8)6-7-11;;;/h3-5H,6-7H2,1-2H3;;;/q;+2;2*-1. The van der Waals surface area contributed by atoms with Crippen LogP contribution in [0.25, 0.3) is 0 Å². The first-order valence-electron chi connectivity index (χ1n) is 3.86. The van der Waals surface area contributed by atoms with E-state index in [1.54, 1.807) is 0 Å². The molecule has 0 radical (unpaired) electrons. The van der Waals surface area contributed by atoms with E-state index in [1.165, 1.54) is 16.7 Å². The van der Waals surface area contributed by atoms with E-state index in [1.807, 2.05) is 0 Å². The molecule has 0 unspecified atom stereocenters.